The Bertz CT molecular complexity index is 845. The van der Waals surface area contributed by atoms with Gasteiger partial charge in [0.15, 0.2) is 0 Å². The molecule has 0 unspecified atom stereocenters. The third-order valence-corrected chi connectivity index (χ3v) is 6.79. The molecule has 4 bridgehead atoms. The van der Waals surface area contributed by atoms with E-state index in [1.54, 1.807) is 0 Å². The summed E-state index contributed by atoms with van der Waals surface area (Å²) in [5.41, 5.74) is 2.71. The number of rotatable bonds is 1. The van der Waals surface area contributed by atoms with Gasteiger partial charge in [-0.25, -0.2) is 0 Å². The highest BCUT2D eigenvalue weighted by Gasteiger charge is 2.61. The van der Waals surface area contributed by atoms with Gasteiger partial charge in [0, 0.05) is 29.2 Å². The number of aromatic amines is 1. The lowest BCUT2D eigenvalue weighted by atomic mass is 9.56. The van der Waals surface area contributed by atoms with Crippen molar-refractivity contribution in [2.75, 3.05) is 33.9 Å². The highest BCUT2D eigenvalue weighted by molar-refractivity contribution is 5.92. The number of hydrogen-bond acceptors (Lipinski definition) is 4. The number of nitrogens with one attached hydrogen (secondary N) is 1. The summed E-state index contributed by atoms with van der Waals surface area (Å²) in [7, 11) is 3.71. The first-order valence-electron chi connectivity index (χ1n) is 9.16. The maximum Gasteiger partial charge on any atom is 0.320 e. The van der Waals surface area contributed by atoms with Crippen molar-refractivity contribution in [3.05, 3.63) is 35.5 Å². The number of piperidine rings is 1. The zero-order valence-corrected chi connectivity index (χ0v) is 14.7. The third kappa shape index (κ3) is 1.83. The molecule has 3 aliphatic rings. The Morgan fingerprint density at radius 2 is 2.20 bits per heavy atom. The molecule has 3 heterocycles. The summed E-state index contributed by atoms with van der Waals surface area (Å²) in [6, 6.07) is 8.73. The van der Waals surface area contributed by atoms with E-state index in [-0.39, 0.29) is 11.9 Å². The van der Waals surface area contributed by atoms with Crippen LogP contribution in [0.3, 0.4) is 0 Å². The molecule has 5 heteroatoms. The predicted molar refractivity (Wildman–Crippen MR) is 94.4 cm³/mol. The van der Waals surface area contributed by atoms with Crippen molar-refractivity contribution in [3.8, 4) is 0 Å². The second-order valence-electron chi connectivity index (χ2n) is 7.75. The molecule has 2 aromatic rings. The van der Waals surface area contributed by atoms with Crippen LogP contribution in [0, 0.1) is 11.8 Å². The van der Waals surface area contributed by atoms with Crippen molar-refractivity contribution in [1.29, 1.82) is 0 Å². The van der Waals surface area contributed by atoms with Gasteiger partial charge in [0.05, 0.1) is 13.7 Å². The molecular formula is C20H24N2O3. The third-order valence-electron chi connectivity index (χ3n) is 6.79. The first-order valence-corrected chi connectivity index (χ1v) is 9.16. The molecule has 1 N–H and O–H groups in total. The number of fused-ring (bicyclic) bond motifs is 5. The van der Waals surface area contributed by atoms with Gasteiger partial charge in [-0.2, -0.15) is 0 Å². The van der Waals surface area contributed by atoms with Crippen LogP contribution in [-0.4, -0.2) is 49.8 Å². The van der Waals surface area contributed by atoms with Gasteiger partial charge in [-0.15, -0.1) is 0 Å². The minimum Gasteiger partial charge on any atom is -0.468 e. The van der Waals surface area contributed by atoms with Crippen LogP contribution >= 0.6 is 0 Å². The van der Waals surface area contributed by atoms with E-state index in [0.29, 0.717) is 25.2 Å². The van der Waals surface area contributed by atoms with Gasteiger partial charge in [0.25, 0.3) is 0 Å². The number of para-hydroxylation sites is 1. The molecule has 5 rings (SSSR count). The zero-order chi connectivity index (χ0) is 17.2. The van der Waals surface area contributed by atoms with Crippen LogP contribution in [0.2, 0.25) is 0 Å². The molecule has 25 heavy (non-hydrogen) atoms. The molecule has 2 aliphatic heterocycles. The van der Waals surface area contributed by atoms with Crippen molar-refractivity contribution in [2.24, 2.45) is 11.8 Å². The van der Waals surface area contributed by atoms with Gasteiger partial charge in [0.1, 0.15) is 5.41 Å². The SMILES string of the molecule is COC(=O)[C@@]12COCC[C@@H]3[C@H](c4c1[nH]c1ccccc41)N(C)CC[C@@H]32. The number of ether oxygens (including phenoxy) is 2. The molecule has 1 aromatic heterocycles. The molecule has 0 saturated carbocycles. The predicted octanol–water partition coefficient (Wildman–Crippen LogP) is 2.62. The van der Waals surface area contributed by atoms with Crippen molar-refractivity contribution >= 4 is 16.9 Å². The van der Waals surface area contributed by atoms with Crippen LogP contribution in [0.4, 0.5) is 0 Å². The Balaban J connectivity index is 1.88. The van der Waals surface area contributed by atoms with Gasteiger partial charge in [-0.05, 0) is 49.9 Å². The van der Waals surface area contributed by atoms with Crippen LogP contribution in [0.25, 0.3) is 10.9 Å². The molecule has 0 radical (unpaired) electrons. The highest BCUT2D eigenvalue weighted by atomic mass is 16.5. The van der Waals surface area contributed by atoms with Crippen LogP contribution in [0.15, 0.2) is 24.3 Å². The summed E-state index contributed by atoms with van der Waals surface area (Å²) in [6.45, 7) is 2.13. The Hall–Kier alpha value is -1.85. The Labute approximate surface area is 147 Å². The fourth-order valence-electron chi connectivity index (χ4n) is 5.78. The van der Waals surface area contributed by atoms with Crippen molar-refractivity contribution in [3.63, 3.8) is 0 Å². The number of methoxy groups -OCH3 is 1. The fraction of sp³-hybridized carbons (Fsp3) is 0.550. The number of carbonyl (C=O) groups is 1. The molecule has 2 saturated heterocycles. The fourth-order valence-corrected chi connectivity index (χ4v) is 5.78. The largest absolute Gasteiger partial charge is 0.468 e. The monoisotopic (exact) mass is 340 g/mol. The number of carbonyl (C=O) groups excluding carboxylic acids is 1. The summed E-state index contributed by atoms with van der Waals surface area (Å²) in [5.74, 6) is 0.538. The number of likely N-dealkylation sites (tertiary alicyclic amines) is 1. The normalized spacial score (nSPS) is 34.4. The highest BCUT2D eigenvalue weighted by Crippen LogP contribution is 2.58. The molecule has 2 fully saturated rings. The van der Waals surface area contributed by atoms with Crippen molar-refractivity contribution in [1.82, 2.24) is 9.88 Å². The van der Waals surface area contributed by atoms with Crippen LogP contribution in [0.1, 0.15) is 30.1 Å². The topological polar surface area (TPSA) is 54.6 Å². The first kappa shape index (κ1) is 15.4. The molecule has 0 spiro atoms. The summed E-state index contributed by atoms with van der Waals surface area (Å²) in [5, 5.41) is 1.23. The van der Waals surface area contributed by atoms with E-state index in [2.05, 4.69) is 35.1 Å². The van der Waals surface area contributed by atoms with Crippen LogP contribution in [-0.2, 0) is 19.7 Å². The molecule has 1 aliphatic carbocycles. The first-order chi connectivity index (χ1) is 12.2. The minimum atomic E-state index is -0.706. The Kier molecular flexibility index (Phi) is 3.28. The van der Waals surface area contributed by atoms with Gasteiger partial charge in [-0.3, -0.25) is 9.69 Å². The number of aromatic nitrogens is 1. The molecule has 5 nitrogen and oxygen atoms in total. The average Bonchev–Trinajstić information content (AvgIpc) is 2.93. The lowest BCUT2D eigenvalue weighted by Gasteiger charge is -2.53. The van der Waals surface area contributed by atoms with Crippen molar-refractivity contribution in [2.45, 2.75) is 24.3 Å². The van der Waals surface area contributed by atoms with Crippen molar-refractivity contribution < 1.29 is 14.3 Å². The Morgan fingerprint density at radius 1 is 1.36 bits per heavy atom. The van der Waals surface area contributed by atoms with Crippen LogP contribution in [0.5, 0.6) is 0 Å². The quantitative estimate of drug-likeness (QED) is 0.811. The summed E-state index contributed by atoms with van der Waals surface area (Å²) in [4.78, 5) is 19.2. The molecule has 0 amide bonds. The van der Waals surface area contributed by atoms with E-state index in [9.17, 15) is 4.79 Å². The van der Waals surface area contributed by atoms with E-state index in [0.717, 1.165) is 30.6 Å². The van der Waals surface area contributed by atoms with Gasteiger partial charge < -0.3 is 14.5 Å². The lowest BCUT2D eigenvalue weighted by Crippen LogP contribution is -2.58. The summed E-state index contributed by atoms with van der Waals surface area (Å²) in [6.07, 6.45) is 2.00. The molecule has 1 aromatic carbocycles. The summed E-state index contributed by atoms with van der Waals surface area (Å²) >= 11 is 0. The van der Waals surface area contributed by atoms with E-state index < -0.39 is 5.41 Å². The molecular weight excluding hydrogens is 316 g/mol. The lowest BCUT2D eigenvalue weighted by molar-refractivity contribution is -0.156. The average molecular weight is 340 g/mol. The smallest absolute Gasteiger partial charge is 0.320 e. The molecule has 132 valence electrons. The zero-order valence-electron chi connectivity index (χ0n) is 14.7. The summed E-state index contributed by atoms with van der Waals surface area (Å²) < 4.78 is 11.3. The van der Waals surface area contributed by atoms with Crippen LogP contribution < -0.4 is 0 Å². The van der Waals surface area contributed by atoms with E-state index >= 15 is 0 Å². The number of hydrogen-bond donors (Lipinski definition) is 1. The maximum atomic E-state index is 13.1. The minimum absolute atomic E-state index is 0.153. The maximum absolute atomic E-state index is 13.1. The van der Waals surface area contributed by atoms with Gasteiger partial charge in [0.2, 0.25) is 0 Å². The number of benzene rings is 1. The van der Waals surface area contributed by atoms with E-state index in [4.69, 9.17) is 9.47 Å². The van der Waals surface area contributed by atoms with E-state index in [1.165, 1.54) is 18.1 Å². The van der Waals surface area contributed by atoms with E-state index in [1.807, 2.05) is 6.07 Å². The van der Waals surface area contributed by atoms with Gasteiger partial charge in [-0.1, -0.05) is 18.2 Å². The second kappa shape index (κ2) is 5.32. The number of H-pyrrole nitrogens is 1. The number of nitrogens with zero attached hydrogens (tertiary/aromatic N) is 1. The second-order valence-corrected chi connectivity index (χ2v) is 7.75. The standard InChI is InChI=1S/C20H24N2O3/c1-22-9-7-14-12-8-10-25-11-20(14,19(23)24-2)18-16(17(12)22)13-5-3-4-6-15(13)21-18/h3-6,12,14,17,21H,7-11H2,1-2H3/t12-,14-,17+,20+/m0/s1. The number of esters is 1. The Morgan fingerprint density at radius 3 is 3.04 bits per heavy atom. The molecule has 4 atom stereocenters. The van der Waals surface area contributed by atoms with Gasteiger partial charge >= 0.3 is 5.97 Å².